The second-order valence-corrected chi connectivity index (χ2v) is 12.1. The number of carbonyl (C=O) groups excluding carboxylic acids is 2. The number of allylic oxidation sites excluding steroid dienone is 10. The van der Waals surface area contributed by atoms with Gasteiger partial charge in [-0.15, -0.1) is 0 Å². The van der Waals surface area contributed by atoms with Gasteiger partial charge in [-0.05, 0) is 68.1 Å². The number of methoxy groups -OCH3 is 1. The van der Waals surface area contributed by atoms with Crippen molar-refractivity contribution in [1.29, 1.82) is 0 Å². The van der Waals surface area contributed by atoms with Gasteiger partial charge in [0.1, 0.15) is 11.5 Å². The zero-order valence-electron chi connectivity index (χ0n) is 26.7. The van der Waals surface area contributed by atoms with Crippen molar-refractivity contribution in [1.82, 2.24) is 5.32 Å². The summed E-state index contributed by atoms with van der Waals surface area (Å²) < 4.78 is 10.9. The molecule has 6 aliphatic rings. The lowest BCUT2D eigenvalue weighted by atomic mass is 9.86. The first-order valence-electron chi connectivity index (χ1n) is 15.3. The van der Waals surface area contributed by atoms with Gasteiger partial charge in [-0.2, -0.15) is 0 Å². The van der Waals surface area contributed by atoms with E-state index in [0.29, 0.717) is 46.0 Å². The van der Waals surface area contributed by atoms with Gasteiger partial charge in [0, 0.05) is 54.0 Å². The molecule has 3 N–H and O–H groups in total. The second-order valence-electron chi connectivity index (χ2n) is 12.1. The highest BCUT2D eigenvalue weighted by Gasteiger charge is 2.43. The molecule has 1 fully saturated rings. The van der Waals surface area contributed by atoms with Crippen molar-refractivity contribution in [3.05, 3.63) is 91.2 Å². The molecule has 1 saturated heterocycles. The average Bonchev–Trinajstić information content (AvgIpc) is 3.76. The van der Waals surface area contributed by atoms with Crippen LogP contribution < -0.4 is 5.32 Å². The molecule has 2 atom stereocenters. The minimum Gasteiger partial charge on any atom is -0.511 e. The van der Waals surface area contributed by atoms with E-state index in [1.807, 2.05) is 39.8 Å². The fourth-order valence-electron chi connectivity index (χ4n) is 7.09. The number of hydrogen-bond donors (Lipinski definition) is 3. The summed E-state index contributed by atoms with van der Waals surface area (Å²) in [5.41, 5.74) is 11.2. The molecule has 6 rings (SSSR count). The maximum Gasteiger partial charge on any atom is 0.308 e. The zero-order valence-corrected chi connectivity index (χ0v) is 26.7. The molecular formula is C35H38N4O6. The number of ether oxygens (including phenoxy) is 2. The Balaban J connectivity index is 1.66. The van der Waals surface area contributed by atoms with E-state index in [9.17, 15) is 19.8 Å². The normalized spacial score (nSPS) is 24.0. The number of aliphatic imine (C=N–C) groups is 3. The van der Waals surface area contributed by atoms with Crippen molar-refractivity contribution >= 4 is 29.1 Å². The van der Waals surface area contributed by atoms with Crippen LogP contribution in [0.5, 0.6) is 0 Å². The number of carbonyl (C=O) groups is 2. The minimum atomic E-state index is -0.514. The Morgan fingerprint density at radius 1 is 1.00 bits per heavy atom. The molecule has 0 saturated carbocycles. The fraction of sp³-hybridized carbons (Fsp3) is 0.400. The number of nitrogens with one attached hydrogen (secondary N) is 1. The molecule has 5 heterocycles. The predicted octanol–water partition coefficient (Wildman–Crippen LogP) is 5.49. The fourth-order valence-corrected chi connectivity index (χ4v) is 7.09. The third kappa shape index (κ3) is 4.88. The van der Waals surface area contributed by atoms with Gasteiger partial charge < -0.3 is 25.0 Å². The predicted molar refractivity (Wildman–Crippen MR) is 171 cm³/mol. The van der Waals surface area contributed by atoms with E-state index in [2.05, 4.69) is 12.2 Å². The van der Waals surface area contributed by atoms with E-state index in [1.165, 1.54) is 14.0 Å². The molecule has 0 aromatic rings. The summed E-state index contributed by atoms with van der Waals surface area (Å²) in [6.07, 6.45) is 5.51. The number of esters is 2. The summed E-state index contributed by atoms with van der Waals surface area (Å²) in [6, 6.07) is 0. The van der Waals surface area contributed by atoms with Gasteiger partial charge in [0.15, 0.2) is 5.76 Å². The van der Waals surface area contributed by atoms with Crippen molar-refractivity contribution in [3.8, 4) is 0 Å². The number of aliphatic hydroxyl groups excluding tert-OH is 2. The molecule has 45 heavy (non-hydrogen) atoms. The monoisotopic (exact) mass is 610 g/mol. The van der Waals surface area contributed by atoms with Gasteiger partial charge in [-0.1, -0.05) is 13.8 Å². The van der Waals surface area contributed by atoms with E-state index in [4.69, 9.17) is 24.5 Å². The largest absolute Gasteiger partial charge is 0.511 e. The standard InChI is InChI=1S/C35H38N4O6/c1-8-20-15(2)24-12-27-23(14-40)17(4)31(38-27)35(45-19(6)41)32-16(3)21(9-10-29(43)44-7)33(39-32)22-11-28(42)30-18(5)25(37-34(22)30)13-26(20)36-24/h12-13,16,21,39-40,42H,8-11,14H2,1-7H3/t16-,21-/m0/s1. The van der Waals surface area contributed by atoms with E-state index in [0.717, 1.165) is 51.5 Å². The van der Waals surface area contributed by atoms with E-state index < -0.39 is 5.97 Å². The lowest BCUT2D eigenvalue weighted by Crippen LogP contribution is -2.19. The summed E-state index contributed by atoms with van der Waals surface area (Å²) in [5, 5.41) is 25.3. The van der Waals surface area contributed by atoms with Crippen LogP contribution in [0.25, 0.3) is 0 Å². The number of hydrogen-bond acceptors (Lipinski definition) is 10. The Kier molecular flexibility index (Phi) is 7.72. The highest BCUT2D eigenvalue weighted by molar-refractivity contribution is 6.21. The molecule has 0 aromatic carbocycles. The van der Waals surface area contributed by atoms with Crippen LogP contribution >= 0.6 is 0 Å². The van der Waals surface area contributed by atoms with Crippen molar-refractivity contribution in [2.75, 3.05) is 13.7 Å². The lowest BCUT2D eigenvalue weighted by molar-refractivity contribution is -0.141. The number of aliphatic hydroxyl groups is 2. The SMILES string of the molecule is CCC1=C(C)C2=NC1=CC1=C(C)C3=C(O)CC(=C4NC(=C(OC(C)=O)C5=NC(=C2)C(CO)=C5C)[C@@H](C)[C@@H]4CCC(=O)OC)C3=N1. The van der Waals surface area contributed by atoms with Crippen LogP contribution in [0.1, 0.15) is 67.2 Å². The third-order valence-electron chi connectivity index (χ3n) is 9.56. The maximum atomic E-state index is 12.6. The number of nitrogens with zero attached hydrogens (tertiary/aromatic N) is 3. The first-order valence-corrected chi connectivity index (χ1v) is 15.3. The van der Waals surface area contributed by atoms with Crippen LogP contribution in [0.4, 0.5) is 0 Å². The van der Waals surface area contributed by atoms with Crippen LogP contribution in [0.2, 0.25) is 0 Å². The number of fused-ring (bicyclic) bond motifs is 5. The van der Waals surface area contributed by atoms with Crippen LogP contribution in [0, 0.1) is 11.8 Å². The van der Waals surface area contributed by atoms with Gasteiger partial charge in [0.2, 0.25) is 0 Å². The van der Waals surface area contributed by atoms with E-state index in [1.54, 1.807) is 0 Å². The molecule has 0 radical (unpaired) electrons. The summed E-state index contributed by atoms with van der Waals surface area (Å²) in [4.78, 5) is 39.8. The van der Waals surface area contributed by atoms with Crippen LogP contribution in [-0.4, -0.2) is 53.0 Å². The molecule has 0 spiro atoms. The van der Waals surface area contributed by atoms with E-state index in [-0.39, 0.29) is 48.8 Å². The Hall–Kier alpha value is -4.57. The Labute approximate surface area is 262 Å². The van der Waals surface area contributed by atoms with Gasteiger partial charge >= 0.3 is 11.9 Å². The van der Waals surface area contributed by atoms with Gasteiger partial charge in [0.05, 0.1) is 47.9 Å². The van der Waals surface area contributed by atoms with Crippen molar-refractivity contribution in [3.63, 3.8) is 0 Å². The van der Waals surface area contributed by atoms with Crippen molar-refractivity contribution in [2.24, 2.45) is 26.8 Å². The van der Waals surface area contributed by atoms with Crippen molar-refractivity contribution < 1.29 is 29.3 Å². The Morgan fingerprint density at radius 2 is 1.73 bits per heavy atom. The van der Waals surface area contributed by atoms with Crippen molar-refractivity contribution in [2.45, 2.75) is 67.2 Å². The Bertz CT molecular complexity index is 1820. The van der Waals surface area contributed by atoms with Crippen LogP contribution in [0.3, 0.4) is 0 Å². The summed E-state index contributed by atoms with van der Waals surface area (Å²) >= 11 is 0. The highest BCUT2D eigenvalue weighted by atomic mass is 16.5. The van der Waals surface area contributed by atoms with Crippen LogP contribution in [-0.2, 0) is 19.1 Å². The highest BCUT2D eigenvalue weighted by Crippen LogP contribution is 2.47. The first kappa shape index (κ1) is 30.5. The molecule has 5 aliphatic heterocycles. The second kappa shape index (κ2) is 11.4. The quantitative estimate of drug-likeness (QED) is 0.338. The molecule has 10 nitrogen and oxygen atoms in total. The molecule has 234 valence electrons. The molecule has 0 amide bonds. The zero-order chi connectivity index (χ0) is 32.3. The van der Waals surface area contributed by atoms with Gasteiger partial charge in [-0.3, -0.25) is 9.59 Å². The third-order valence-corrected chi connectivity index (χ3v) is 9.56. The number of rotatable bonds is 6. The average molecular weight is 611 g/mol. The summed E-state index contributed by atoms with van der Waals surface area (Å²) in [5.74, 6) is -0.774. The molecule has 0 unspecified atom stereocenters. The topological polar surface area (TPSA) is 142 Å². The molecule has 1 aliphatic carbocycles. The molecule has 10 heteroatoms. The summed E-state index contributed by atoms with van der Waals surface area (Å²) in [6.45, 7) is 11.0. The van der Waals surface area contributed by atoms with Gasteiger partial charge in [-0.25, -0.2) is 15.0 Å². The molecule has 0 aromatic heterocycles. The molecular weight excluding hydrogens is 572 g/mol. The van der Waals surface area contributed by atoms with Crippen LogP contribution in [0.15, 0.2) is 106 Å². The first-order chi connectivity index (χ1) is 21.5. The Morgan fingerprint density at radius 3 is 2.40 bits per heavy atom. The maximum absolute atomic E-state index is 12.6. The minimum absolute atomic E-state index is 0.181. The van der Waals surface area contributed by atoms with Gasteiger partial charge in [0.25, 0.3) is 0 Å². The summed E-state index contributed by atoms with van der Waals surface area (Å²) in [7, 11) is 1.37. The molecule has 8 bridgehead atoms. The van der Waals surface area contributed by atoms with E-state index >= 15 is 0 Å². The smallest absolute Gasteiger partial charge is 0.308 e. The lowest BCUT2D eigenvalue weighted by Gasteiger charge is -2.18.